The minimum absolute atomic E-state index is 0.0353. The molecule has 0 aliphatic carbocycles. The molecular weight excluding hydrogens is 384 g/mol. The van der Waals surface area contributed by atoms with Gasteiger partial charge in [0.1, 0.15) is 11.3 Å². The number of amides is 1. The molecule has 0 radical (unpaired) electrons. The number of furan rings is 1. The highest BCUT2D eigenvalue weighted by molar-refractivity contribution is 9.10. The summed E-state index contributed by atoms with van der Waals surface area (Å²) in [5.74, 6) is -1.09. The van der Waals surface area contributed by atoms with Crippen molar-refractivity contribution in [1.29, 1.82) is 0 Å². The molecule has 0 aliphatic rings. The maximum absolute atomic E-state index is 12.5. The molecule has 3 N–H and O–H groups in total. The van der Waals surface area contributed by atoms with Crippen molar-refractivity contribution in [3.63, 3.8) is 0 Å². The van der Waals surface area contributed by atoms with Crippen molar-refractivity contribution >= 4 is 48.5 Å². The zero-order valence-corrected chi connectivity index (χ0v) is 14.0. The molecule has 8 heteroatoms. The number of benzene rings is 2. The number of sulfonamides is 1. The predicted octanol–water partition coefficient (Wildman–Crippen LogP) is 3.10. The van der Waals surface area contributed by atoms with Gasteiger partial charge in [-0.1, -0.05) is 34.1 Å². The number of hydrogen-bond acceptors (Lipinski definition) is 4. The second-order valence-electron chi connectivity index (χ2n) is 4.73. The summed E-state index contributed by atoms with van der Waals surface area (Å²) in [5, 5.41) is 0.458. The van der Waals surface area contributed by atoms with E-state index in [1.807, 2.05) is 0 Å². The smallest absolute Gasteiger partial charge is 0.286 e. The number of para-hydroxylation sites is 1. The van der Waals surface area contributed by atoms with E-state index in [9.17, 15) is 13.2 Å². The first-order valence-electron chi connectivity index (χ1n) is 6.48. The van der Waals surface area contributed by atoms with E-state index in [4.69, 9.17) is 10.2 Å². The van der Waals surface area contributed by atoms with Crippen molar-refractivity contribution in [3.8, 4) is 0 Å². The summed E-state index contributed by atoms with van der Waals surface area (Å²) in [5.41, 5.74) is 5.69. The molecule has 0 spiro atoms. The standard InChI is InChI=1S/C15H11BrN2O4S/c16-9-4-3-5-10(8-9)23(20,21)18-13-11-6-1-2-7-12(11)22-14(13)15(17)19/h1-8,18H,(H2,17,19). The van der Waals surface area contributed by atoms with Crippen LogP contribution in [0.3, 0.4) is 0 Å². The third-order valence-corrected chi connectivity index (χ3v) is 5.00. The van der Waals surface area contributed by atoms with Crippen molar-refractivity contribution in [1.82, 2.24) is 0 Å². The first kappa shape index (κ1) is 15.6. The molecule has 0 atom stereocenters. The highest BCUT2D eigenvalue weighted by Crippen LogP contribution is 2.32. The zero-order chi connectivity index (χ0) is 16.6. The summed E-state index contributed by atoms with van der Waals surface area (Å²) in [6, 6.07) is 12.9. The normalized spacial score (nSPS) is 11.5. The summed E-state index contributed by atoms with van der Waals surface area (Å²) in [6.45, 7) is 0. The van der Waals surface area contributed by atoms with Gasteiger partial charge in [0.25, 0.3) is 15.9 Å². The molecule has 1 heterocycles. The SMILES string of the molecule is NC(=O)c1oc2ccccc2c1NS(=O)(=O)c1cccc(Br)c1. The molecule has 3 rings (SSSR count). The van der Waals surface area contributed by atoms with Gasteiger partial charge >= 0.3 is 0 Å². The summed E-state index contributed by atoms with van der Waals surface area (Å²) < 4.78 is 33.5. The van der Waals surface area contributed by atoms with Gasteiger partial charge in [-0.05, 0) is 30.3 Å². The van der Waals surface area contributed by atoms with E-state index < -0.39 is 15.9 Å². The van der Waals surface area contributed by atoms with Crippen molar-refractivity contribution in [3.05, 3.63) is 58.8 Å². The number of primary amides is 1. The van der Waals surface area contributed by atoms with Crippen molar-refractivity contribution in [2.24, 2.45) is 5.73 Å². The third kappa shape index (κ3) is 2.95. The Labute approximate surface area is 140 Å². The van der Waals surface area contributed by atoms with Crippen LogP contribution in [0.15, 0.2) is 62.3 Å². The van der Waals surface area contributed by atoms with Crippen LogP contribution in [0.25, 0.3) is 11.0 Å². The Balaban J connectivity index is 2.14. The number of hydrogen-bond donors (Lipinski definition) is 2. The van der Waals surface area contributed by atoms with Gasteiger partial charge in [-0.25, -0.2) is 8.42 Å². The Morgan fingerprint density at radius 2 is 1.87 bits per heavy atom. The number of nitrogens with one attached hydrogen (secondary N) is 1. The van der Waals surface area contributed by atoms with Gasteiger partial charge in [0.05, 0.1) is 4.90 Å². The van der Waals surface area contributed by atoms with Crippen molar-refractivity contribution in [2.45, 2.75) is 4.90 Å². The summed E-state index contributed by atoms with van der Waals surface area (Å²) in [4.78, 5) is 11.6. The Bertz CT molecular complexity index is 1010. The number of carbonyl (C=O) groups is 1. The largest absolute Gasteiger partial charge is 0.449 e. The molecule has 3 aromatic rings. The molecule has 2 aromatic carbocycles. The van der Waals surface area contributed by atoms with Gasteiger partial charge in [-0.3, -0.25) is 9.52 Å². The predicted molar refractivity (Wildman–Crippen MR) is 89.7 cm³/mol. The number of fused-ring (bicyclic) bond motifs is 1. The minimum atomic E-state index is -3.90. The third-order valence-electron chi connectivity index (χ3n) is 3.16. The molecule has 0 saturated carbocycles. The van der Waals surface area contributed by atoms with Crippen molar-refractivity contribution in [2.75, 3.05) is 4.72 Å². The molecule has 23 heavy (non-hydrogen) atoms. The monoisotopic (exact) mass is 394 g/mol. The Hall–Kier alpha value is -2.32. The summed E-state index contributed by atoms with van der Waals surface area (Å²) in [7, 11) is -3.90. The van der Waals surface area contributed by atoms with Gasteiger partial charge in [0.15, 0.2) is 0 Å². The number of halogens is 1. The maximum Gasteiger partial charge on any atom is 0.286 e. The van der Waals surface area contributed by atoms with E-state index in [-0.39, 0.29) is 16.3 Å². The molecule has 0 aliphatic heterocycles. The lowest BCUT2D eigenvalue weighted by Gasteiger charge is -2.08. The van der Waals surface area contributed by atoms with Gasteiger partial charge in [-0.15, -0.1) is 0 Å². The molecule has 118 valence electrons. The van der Waals surface area contributed by atoms with Gasteiger partial charge in [0.2, 0.25) is 5.76 Å². The number of rotatable bonds is 4. The topological polar surface area (TPSA) is 102 Å². The van der Waals surface area contributed by atoms with Gasteiger partial charge < -0.3 is 10.2 Å². The van der Waals surface area contributed by atoms with Crippen LogP contribution in [0.4, 0.5) is 5.69 Å². The lowest BCUT2D eigenvalue weighted by molar-refractivity contribution is 0.0977. The van der Waals surface area contributed by atoms with Crippen molar-refractivity contribution < 1.29 is 17.6 Å². The summed E-state index contributed by atoms with van der Waals surface area (Å²) in [6.07, 6.45) is 0. The number of carbonyl (C=O) groups excluding carboxylic acids is 1. The highest BCUT2D eigenvalue weighted by Gasteiger charge is 2.24. The molecule has 1 aromatic heterocycles. The van der Waals surface area contributed by atoms with E-state index in [0.717, 1.165) is 0 Å². The molecule has 0 unspecified atom stereocenters. The van der Waals surface area contributed by atoms with Crippen LogP contribution in [-0.4, -0.2) is 14.3 Å². The van der Waals surface area contributed by atoms with E-state index in [0.29, 0.717) is 15.4 Å². The molecule has 6 nitrogen and oxygen atoms in total. The molecular formula is C15H11BrN2O4S. The fourth-order valence-electron chi connectivity index (χ4n) is 2.15. The molecule has 0 saturated heterocycles. The quantitative estimate of drug-likeness (QED) is 0.709. The number of anilines is 1. The van der Waals surface area contributed by atoms with Crippen LogP contribution in [0.1, 0.15) is 10.6 Å². The second-order valence-corrected chi connectivity index (χ2v) is 7.33. The zero-order valence-electron chi connectivity index (χ0n) is 11.6. The van der Waals surface area contributed by atoms with Crippen LogP contribution < -0.4 is 10.5 Å². The fourth-order valence-corrected chi connectivity index (χ4v) is 3.83. The first-order valence-corrected chi connectivity index (χ1v) is 8.76. The molecule has 1 amide bonds. The molecule has 0 bridgehead atoms. The Morgan fingerprint density at radius 3 is 2.57 bits per heavy atom. The average molecular weight is 395 g/mol. The van der Waals surface area contributed by atoms with E-state index >= 15 is 0 Å². The number of nitrogens with two attached hydrogens (primary N) is 1. The maximum atomic E-state index is 12.5. The van der Waals surface area contributed by atoms with Gasteiger partial charge in [0, 0.05) is 9.86 Å². The minimum Gasteiger partial charge on any atom is -0.449 e. The van der Waals surface area contributed by atoms with Crippen LogP contribution in [0, 0.1) is 0 Å². The molecule has 0 fully saturated rings. The highest BCUT2D eigenvalue weighted by atomic mass is 79.9. The lowest BCUT2D eigenvalue weighted by Crippen LogP contribution is -2.17. The Kier molecular flexibility index (Phi) is 3.87. The second kappa shape index (κ2) is 5.71. The lowest BCUT2D eigenvalue weighted by atomic mass is 10.2. The van der Waals surface area contributed by atoms with E-state index in [1.165, 1.54) is 12.1 Å². The fraction of sp³-hybridized carbons (Fsp3) is 0. The van der Waals surface area contributed by atoms with Crippen LogP contribution >= 0.6 is 15.9 Å². The average Bonchev–Trinajstić information content (AvgIpc) is 2.86. The van der Waals surface area contributed by atoms with Gasteiger partial charge in [-0.2, -0.15) is 0 Å². The van der Waals surface area contributed by atoms with Crippen LogP contribution in [0.2, 0.25) is 0 Å². The van der Waals surface area contributed by atoms with Crippen LogP contribution in [0.5, 0.6) is 0 Å². The van der Waals surface area contributed by atoms with Crippen LogP contribution in [-0.2, 0) is 10.0 Å². The first-order chi connectivity index (χ1) is 10.9. The van der Waals surface area contributed by atoms with E-state index in [2.05, 4.69) is 20.7 Å². The Morgan fingerprint density at radius 1 is 1.13 bits per heavy atom. The van der Waals surface area contributed by atoms with E-state index in [1.54, 1.807) is 36.4 Å². The summed E-state index contributed by atoms with van der Waals surface area (Å²) >= 11 is 3.23.